The van der Waals surface area contributed by atoms with E-state index in [1.807, 2.05) is 12.1 Å². The van der Waals surface area contributed by atoms with Crippen molar-refractivity contribution >= 4 is 27.4 Å². The van der Waals surface area contributed by atoms with Crippen LogP contribution in [0.4, 0.5) is 5.82 Å². The molecule has 2 aromatic rings. The van der Waals surface area contributed by atoms with Gasteiger partial charge in [0.2, 0.25) is 10.0 Å². The fourth-order valence-corrected chi connectivity index (χ4v) is 3.95. The van der Waals surface area contributed by atoms with Crippen LogP contribution < -0.4 is 9.62 Å². The molecule has 0 aliphatic carbocycles. The highest BCUT2D eigenvalue weighted by molar-refractivity contribution is 7.89. The first-order chi connectivity index (χ1) is 11.6. The second kappa shape index (κ2) is 7.48. The summed E-state index contributed by atoms with van der Waals surface area (Å²) in [7, 11) is -3.66. The zero-order chi connectivity index (χ0) is 17.0. The van der Waals surface area contributed by atoms with E-state index >= 15 is 0 Å². The molecule has 0 saturated carbocycles. The monoisotopic (exact) mass is 367 g/mol. The molecule has 3 rings (SSSR count). The molecule has 24 heavy (non-hydrogen) atoms. The van der Waals surface area contributed by atoms with Gasteiger partial charge in [-0.1, -0.05) is 29.8 Å². The van der Waals surface area contributed by atoms with Gasteiger partial charge in [0.15, 0.2) is 0 Å². The Labute approximate surface area is 146 Å². The number of aromatic nitrogens is 1. The Morgan fingerprint density at radius 2 is 1.92 bits per heavy atom. The Balaban J connectivity index is 1.65. The van der Waals surface area contributed by atoms with Crippen LogP contribution in [0.5, 0.6) is 0 Å². The molecule has 1 aromatic carbocycles. The Bertz CT molecular complexity index is 790. The first kappa shape index (κ1) is 17.2. The highest BCUT2D eigenvalue weighted by Crippen LogP contribution is 2.20. The lowest BCUT2D eigenvalue weighted by atomic mass is 10.3. The zero-order valence-corrected chi connectivity index (χ0v) is 14.6. The lowest BCUT2D eigenvalue weighted by Gasteiger charge is -2.27. The first-order valence-electron chi connectivity index (χ1n) is 7.58. The molecule has 0 radical (unpaired) electrons. The minimum Gasteiger partial charge on any atom is -0.378 e. The molecule has 0 amide bonds. The van der Waals surface area contributed by atoms with Gasteiger partial charge in [-0.3, -0.25) is 0 Å². The number of rotatable bonds is 5. The van der Waals surface area contributed by atoms with Gasteiger partial charge in [0.25, 0.3) is 0 Å². The minimum absolute atomic E-state index is 0.0737. The molecule has 6 nitrogen and oxygen atoms in total. The third-order valence-electron chi connectivity index (χ3n) is 3.74. The van der Waals surface area contributed by atoms with Crippen molar-refractivity contribution in [2.45, 2.75) is 11.4 Å². The summed E-state index contributed by atoms with van der Waals surface area (Å²) in [6, 6.07) is 10.1. The Hall–Kier alpha value is -1.67. The molecule has 1 fully saturated rings. The molecule has 128 valence electrons. The molecule has 1 aliphatic rings. The van der Waals surface area contributed by atoms with Crippen LogP contribution in [-0.2, 0) is 21.3 Å². The van der Waals surface area contributed by atoms with Crippen molar-refractivity contribution < 1.29 is 13.2 Å². The number of benzene rings is 1. The van der Waals surface area contributed by atoms with Gasteiger partial charge in [0, 0.05) is 25.8 Å². The average Bonchev–Trinajstić information content (AvgIpc) is 2.61. The smallest absolute Gasteiger partial charge is 0.242 e. The van der Waals surface area contributed by atoms with Crippen LogP contribution in [0, 0.1) is 0 Å². The lowest BCUT2D eigenvalue weighted by molar-refractivity contribution is 0.122. The van der Waals surface area contributed by atoms with E-state index in [0.717, 1.165) is 24.5 Å². The van der Waals surface area contributed by atoms with Crippen molar-refractivity contribution in [2.24, 2.45) is 0 Å². The second-order valence-electron chi connectivity index (χ2n) is 5.38. The molecule has 1 N–H and O–H groups in total. The van der Waals surface area contributed by atoms with Crippen LogP contribution in [0.1, 0.15) is 5.56 Å². The molecule has 1 aromatic heterocycles. The molecule has 8 heteroatoms. The van der Waals surface area contributed by atoms with Crippen LogP contribution >= 0.6 is 11.6 Å². The molecule has 1 aliphatic heterocycles. The fraction of sp³-hybridized carbons (Fsp3) is 0.312. The van der Waals surface area contributed by atoms with Crippen molar-refractivity contribution in [2.75, 3.05) is 31.2 Å². The topological polar surface area (TPSA) is 71.5 Å². The third kappa shape index (κ3) is 4.05. The summed E-state index contributed by atoms with van der Waals surface area (Å²) in [5.74, 6) is 0.871. The molecule has 0 bridgehead atoms. The van der Waals surface area contributed by atoms with Gasteiger partial charge in [-0.25, -0.2) is 18.1 Å². The van der Waals surface area contributed by atoms with Crippen LogP contribution in [0.3, 0.4) is 0 Å². The van der Waals surface area contributed by atoms with Crippen molar-refractivity contribution in [1.29, 1.82) is 0 Å². The minimum atomic E-state index is -3.66. The largest absolute Gasteiger partial charge is 0.378 e. The van der Waals surface area contributed by atoms with E-state index in [-0.39, 0.29) is 16.5 Å². The first-order valence-corrected chi connectivity index (χ1v) is 9.44. The van der Waals surface area contributed by atoms with E-state index in [1.165, 1.54) is 6.07 Å². The maximum atomic E-state index is 12.3. The number of nitrogens with zero attached hydrogens (tertiary/aromatic N) is 2. The fourth-order valence-electron chi connectivity index (χ4n) is 2.42. The summed E-state index contributed by atoms with van der Waals surface area (Å²) < 4.78 is 32.5. The molecular weight excluding hydrogens is 350 g/mol. The number of nitrogens with one attached hydrogen (secondary N) is 1. The standard InChI is InChI=1S/C16H18ClN3O3S/c17-14-3-1-2-4-15(14)24(21,22)19-12-13-5-6-16(18-11-13)20-7-9-23-10-8-20/h1-6,11,19H,7-10,12H2. The predicted octanol–water partition coefficient (Wildman–Crippen LogP) is 2.05. The SMILES string of the molecule is O=S(=O)(NCc1ccc(N2CCOCC2)nc1)c1ccccc1Cl. The Morgan fingerprint density at radius 1 is 1.17 bits per heavy atom. The van der Waals surface area contributed by atoms with E-state index in [0.29, 0.717) is 13.2 Å². The highest BCUT2D eigenvalue weighted by atomic mass is 35.5. The number of hydrogen-bond acceptors (Lipinski definition) is 5. The number of pyridine rings is 1. The Kier molecular flexibility index (Phi) is 5.35. The van der Waals surface area contributed by atoms with Gasteiger partial charge in [-0.05, 0) is 23.8 Å². The molecule has 1 saturated heterocycles. The predicted molar refractivity (Wildman–Crippen MR) is 92.7 cm³/mol. The van der Waals surface area contributed by atoms with Gasteiger partial charge in [-0.2, -0.15) is 0 Å². The van der Waals surface area contributed by atoms with Gasteiger partial charge in [0.1, 0.15) is 10.7 Å². The van der Waals surface area contributed by atoms with Crippen molar-refractivity contribution in [1.82, 2.24) is 9.71 Å². The Morgan fingerprint density at radius 3 is 2.58 bits per heavy atom. The summed E-state index contributed by atoms with van der Waals surface area (Å²) in [6.45, 7) is 3.17. The quantitative estimate of drug-likeness (QED) is 0.875. The third-order valence-corrected chi connectivity index (χ3v) is 5.64. The van der Waals surface area contributed by atoms with E-state index < -0.39 is 10.0 Å². The normalized spacial score (nSPS) is 15.5. The van der Waals surface area contributed by atoms with E-state index in [4.69, 9.17) is 16.3 Å². The molecule has 0 atom stereocenters. The molecular formula is C16H18ClN3O3S. The summed E-state index contributed by atoms with van der Waals surface area (Å²) in [4.78, 5) is 6.62. The number of ether oxygens (including phenoxy) is 1. The van der Waals surface area contributed by atoms with Gasteiger partial charge in [0.05, 0.1) is 18.2 Å². The molecule has 2 heterocycles. The molecule has 0 unspecified atom stereocenters. The second-order valence-corrected chi connectivity index (χ2v) is 7.52. The van der Waals surface area contributed by atoms with E-state index in [2.05, 4.69) is 14.6 Å². The van der Waals surface area contributed by atoms with Crippen molar-refractivity contribution in [3.05, 3.63) is 53.2 Å². The van der Waals surface area contributed by atoms with Crippen molar-refractivity contribution in [3.63, 3.8) is 0 Å². The van der Waals surface area contributed by atoms with Crippen LogP contribution in [0.2, 0.25) is 5.02 Å². The molecule has 0 spiro atoms. The van der Waals surface area contributed by atoms with Crippen molar-refractivity contribution in [3.8, 4) is 0 Å². The van der Waals surface area contributed by atoms with Crippen LogP contribution in [0.25, 0.3) is 0 Å². The van der Waals surface area contributed by atoms with Crippen LogP contribution in [-0.4, -0.2) is 39.7 Å². The number of hydrogen-bond donors (Lipinski definition) is 1. The average molecular weight is 368 g/mol. The van der Waals surface area contributed by atoms with Crippen LogP contribution in [0.15, 0.2) is 47.5 Å². The number of halogens is 1. The van der Waals surface area contributed by atoms with E-state index in [9.17, 15) is 8.42 Å². The summed E-state index contributed by atoms with van der Waals surface area (Å²) in [5.41, 5.74) is 0.780. The highest BCUT2D eigenvalue weighted by Gasteiger charge is 2.17. The van der Waals surface area contributed by atoms with Gasteiger partial charge < -0.3 is 9.64 Å². The summed E-state index contributed by atoms with van der Waals surface area (Å²) in [5, 5.41) is 0.200. The van der Waals surface area contributed by atoms with Gasteiger partial charge in [-0.15, -0.1) is 0 Å². The van der Waals surface area contributed by atoms with Gasteiger partial charge >= 0.3 is 0 Å². The zero-order valence-electron chi connectivity index (χ0n) is 13.0. The maximum Gasteiger partial charge on any atom is 0.242 e. The number of sulfonamides is 1. The number of morpholine rings is 1. The number of anilines is 1. The summed E-state index contributed by atoms with van der Waals surface area (Å²) >= 11 is 5.95. The van der Waals surface area contributed by atoms with E-state index in [1.54, 1.807) is 24.4 Å². The lowest BCUT2D eigenvalue weighted by Crippen LogP contribution is -2.36. The summed E-state index contributed by atoms with van der Waals surface area (Å²) in [6.07, 6.45) is 1.68. The maximum absolute atomic E-state index is 12.3.